The highest BCUT2D eigenvalue weighted by Crippen LogP contribution is 2.47. The van der Waals surface area contributed by atoms with Crippen LogP contribution in [0.4, 0.5) is 4.39 Å². The second-order valence-electron chi connectivity index (χ2n) is 8.93. The maximum absolute atomic E-state index is 13.5. The third-order valence-electron chi connectivity index (χ3n) is 6.81. The van der Waals surface area contributed by atoms with Gasteiger partial charge in [0.05, 0.1) is 16.7 Å². The van der Waals surface area contributed by atoms with E-state index in [1.54, 1.807) is 12.3 Å². The minimum Gasteiger partial charge on any atom is -0.484 e. The fourth-order valence-electron chi connectivity index (χ4n) is 4.81. The quantitative estimate of drug-likeness (QED) is 0.571. The third kappa shape index (κ3) is 4.96. The molecule has 3 N–H and O–H groups in total. The predicted octanol–water partition coefficient (Wildman–Crippen LogP) is 3.18. The molecule has 3 saturated carbocycles. The summed E-state index contributed by atoms with van der Waals surface area (Å²) in [7, 11) is 0. The number of pyridine rings is 1. The molecule has 3 aliphatic rings. The number of carbonyl (C=O) groups is 2. The molecule has 0 aliphatic heterocycles. The van der Waals surface area contributed by atoms with Gasteiger partial charge in [-0.05, 0) is 68.4 Å². The van der Waals surface area contributed by atoms with Crippen molar-refractivity contribution in [2.75, 3.05) is 6.61 Å². The summed E-state index contributed by atoms with van der Waals surface area (Å²) in [6.45, 7) is 1.71. The van der Waals surface area contributed by atoms with Gasteiger partial charge in [-0.15, -0.1) is 0 Å². The molecule has 1 aromatic heterocycles. The Morgan fingerprint density at radius 2 is 1.97 bits per heavy atom. The Balaban J connectivity index is 1.35. The van der Waals surface area contributed by atoms with Crippen molar-refractivity contribution >= 4 is 23.4 Å². The minimum atomic E-state index is -0.813. The largest absolute Gasteiger partial charge is 0.484 e. The highest BCUT2D eigenvalue weighted by molar-refractivity contribution is 6.30. The minimum absolute atomic E-state index is 0.0253. The van der Waals surface area contributed by atoms with Gasteiger partial charge in [0.25, 0.3) is 11.8 Å². The van der Waals surface area contributed by atoms with Crippen molar-refractivity contribution in [1.29, 1.82) is 0 Å². The Bertz CT molecular complexity index is 1060. The molecule has 9 heteroatoms. The third-order valence-corrected chi connectivity index (χ3v) is 7.12. The lowest BCUT2D eigenvalue weighted by Gasteiger charge is -2.56. The molecule has 3 aliphatic carbocycles. The van der Waals surface area contributed by atoms with Crippen molar-refractivity contribution in [3.05, 3.63) is 58.6 Å². The van der Waals surface area contributed by atoms with E-state index in [1.807, 2.05) is 13.0 Å². The fraction of sp³-hybridized carbons (Fsp3) is 0.458. The number of aromatic nitrogens is 1. The Kier molecular flexibility index (Phi) is 6.59. The van der Waals surface area contributed by atoms with Gasteiger partial charge in [-0.25, -0.2) is 4.39 Å². The molecule has 0 saturated heterocycles. The van der Waals surface area contributed by atoms with Gasteiger partial charge in [0.2, 0.25) is 0 Å². The lowest BCUT2D eigenvalue weighted by Crippen LogP contribution is -2.70. The normalized spacial score (nSPS) is 26.0. The number of hydrogen-bond acceptors (Lipinski definition) is 5. The summed E-state index contributed by atoms with van der Waals surface area (Å²) in [5.74, 6) is -1.08. The first-order valence-electron chi connectivity index (χ1n) is 11.1. The van der Waals surface area contributed by atoms with E-state index >= 15 is 0 Å². The molecule has 33 heavy (non-hydrogen) atoms. The summed E-state index contributed by atoms with van der Waals surface area (Å²) in [6, 6.07) is 7.62. The van der Waals surface area contributed by atoms with Gasteiger partial charge in [-0.3, -0.25) is 14.6 Å². The topological polar surface area (TPSA) is 101 Å². The van der Waals surface area contributed by atoms with Crippen molar-refractivity contribution in [2.24, 2.45) is 0 Å². The Hall–Kier alpha value is -2.71. The summed E-state index contributed by atoms with van der Waals surface area (Å²) in [6.07, 6.45) is 4.28. The average Bonchev–Trinajstić information content (AvgIpc) is 2.81. The molecule has 1 unspecified atom stereocenters. The van der Waals surface area contributed by atoms with E-state index in [-0.39, 0.29) is 23.3 Å². The Morgan fingerprint density at radius 1 is 1.21 bits per heavy atom. The molecule has 176 valence electrons. The first kappa shape index (κ1) is 23.4. The molecule has 1 heterocycles. The van der Waals surface area contributed by atoms with Gasteiger partial charge in [0.1, 0.15) is 17.3 Å². The molecule has 0 spiro atoms. The molecule has 2 bridgehead atoms. The summed E-state index contributed by atoms with van der Waals surface area (Å²) in [5.41, 5.74) is 0.109. The monoisotopic (exact) mass is 475 g/mol. The van der Waals surface area contributed by atoms with E-state index in [9.17, 15) is 19.1 Å². The van der Waals surface area contributed by atoms with Gasteiger partial charge in [-0.1, -0.05) is 18.5 Å². The number of aryl methyl sites for hydroxylation is 1. The number of ether oxygens (including phenoxy) is 1. The first-order chi connectivity index (χ1) is 15.7. The first-order valence-corrected chi connectivity index (χ1v) is 11.5. The lowest BCUT2D eigenvalue weighted by molar-refractivity contribution is -0.132. The summed E-state index contributed by atoms with van der Waals surface area (Å²) in [4.78, 5) is 29.5. The zero-order chi connectivity index (χ0) is 23.6. The standard InChI is InChI=1S/C24H27ClFN3O4/c1-2-15-5-10-27-19(11-15)22(32)29-23-6-8-24(9-7-23,20(30)13-23)28-21(31)14-33-16-3-4-17(25)18(26)12-16/h3-5,10-12,20,30H,2,6-9,13-14H2,1H3,(H,28,31)(H,29,32). The number of hydrogen-bond donors (Lipinski definition) is 3. The van der Waals surface area contributed by atoms with Crippen LogP contribution >= 0.6 is 11.6 Å². The van der Waals surface area contributed by atoms with E-state index in [4.69, 9.17) is 16.3 Å². The number of halogens is 2. The van der Waals surface area contributed by atoms with Crippen LogP contribution in [-0.4, -0.2) is 45.7 Å². The second kappa shape index (κ2) is 9.27. The molecule has 2 aromatic rings. The van der Waals surface area contributed by atoms with Crippen LogP contribution in [0.3, 0.4) is 0 Å². The molecule has 2 amide bonds. The zero-order valence-corrected chi connectivity index (χ0v) is 19.1. The van der Waals surface area contributed by atoms with Gasteiger partial charge < -0.3 is 20.5 Å². The molecule has 7 nitrogen and oxygen atoms in total. The van der Waals surface area contributed by atoms with Gasteiger partial charge in [-0.2, -0.15) is 0 Å². The number of aliphatic hydroxyl groups excluding tert-OH is 1. The molecule has 3 fully saturated rings. The Morgan fingerprint density at radius 3 is 2.64 bits per heavy atom. The number of amides is 2. The zero-order valence-electron chi connectivity index (χ0n) is 18.4. The van der Waals surface area contributed by atoms with Crippen LogP contribution in [0.25, 0.3) is 0 Å². The summed E-state index contributed by atoms with van der Waals surface area (Å²) < 4.78 is 18.9. The van der Waals surface area contributed by atoms with Gasteiger partial charge in [0.15, 0.2) is 6.61 Å². The van der Waals surface area contributed by atoms with Crippen molar-refractivity contribution in [2.45, 2.75) is 62.6 Å². The van der Waals surface area contributed by atoms with E-state index in [0.717, 1.165) is 18.1 Å². The van der Waals surface area contributed by atoms with E-state index < -0.39 is 28.9 Å². The average molecular weight is 476 g/mol. The van der Waals surface area contributed by atoms with Crippen LogP contribution in [0.15, 0.2) is 36.5 Å². The maximum atomic E-state index is 13.5. The number of fused-ring (bicyclic) bond motifs is 3. The molecule has 5 rings (SSSR count). The molecular weight excluding hydrogens is 449 g/mol. The highest BCUT2D eigenvalue weighted by Gasteiger charge is 2.55. The highest BCUT2D eigenvalue weighted by atomic mass is 35.5. The number of rotatable bonds is 7. The molecule has 1 aromatic carbocycles. The Labute approximate surface area is 196 Å². The van der Waals surface area contributed by atoms with E-state index in [0.29, 0.717) is 37.8 Å². The van der Waals surface area contributed by atoms with Crippen molar-refractivity contribution in [3.8, 4) is 5.75 Å². The number of benzene rings is 1. The van der Waals surface area contributed by atoms with Crippen LogP contribution in [-0.2, 0) is 11.2 Å². The van der Waals surface area contributed by atoms with E-state index in [2.05, 4.69) is 15.6 Å². The van der Waals surface area contributed by atoms with Gasteiger partial charge in [0, 0.05) is 17.8 Å². The van der Waals surface area contributed by atoms with Crippen LogP contribution in [0.5, 0.6) is 5.75 Å². The summed E-state index contributed by atoms with van der Waals surface area (Å²) >= 11 is 5.65. The van der Waals surface area contributed by atoms with Crippen molar-refractivity contribution in [1.82, 2.24) is 15.6 Å². The van der Waals surface area contributed by atoms with Crippen LogP contribution in [0.2, 0.25) is 5.02 Å². The predicted molar refractivity (Wildman–Crippen MR) is 121 cm³/mol. The number of aliphatic hydroxyl groups is 1. The molecule has 0 radical (unpaired) electrons. The summed E-state index contributed by atoms with van der Waals surface area (Å²) in [5, 5.41) is 16.9. The fourth-order valence-corrected chi connectivity index (χ4v) is 4.93. The van der Waals surface area contributed by atoms with Crippen LogP contribution < -0.4 is 15.4 Å². The maximum Gasteiger partial charge on any atom is 0.270 e. The van der Waals surface area contributed by atoms with E-state index in [1.165, 1.54) is 12.1 Å². The van der Waals surface area contributed by atoms with Crippen molar-refractivity contribution in [3.63, 3.8) is 0 Å². The molecule has 1 atom stereocenters. The SMILES string of the molecule is CCc1ccnc(C(=O)NC23CCC(NC(=O)COc4ccc(Cl)c(F)c4)(CC2)C(O)C3)c1. The van der Waals surface area contributed by atoms with Crippen LogP contribution in [0.1, 0.15) is 55.1 Å². The molecular formula is C24H27ClFN3O4. The van der Waals surface area contributed by atoms with Gasteiger partial charge >= 0.3 is 0 Å². The van der Waals surface area contributed by atoms with Crippen molar-refractivity contribution < 1.29 is 23.8 Å². The second-order valence-corrected chi connectivity index (χ2v) is 9.33. The number of carbonyl (C=O) groups excluding carboxylic acids is 2. The lowest BCUT2D eigenvalue weighted by atomic mass is 9.60. The van der Waals surface area contributed by atoms with Crippen LogP contribution in [0, 0.1) is 5.82 Å². The number of nitrogens with one attached hydrogen (secondary N) is 2. The smallest absolute Gasteiger partial charge is 0.270 e. The number of nitrogens with zero attached hydrogens (tertiary/aromatic N) is 1.